The molecule has 0 amide bonds. The van der Waals surface area contributed by atoms with Crippen molar-refractivity contribution in [1.29, 1.82) is 0 Å². The van der Waals surface area contributed by atoms with Gasteiger partial charge >= 0.3 is 0 Å². The number of hydrogen-bond donors (Lipinski definition) is 0. The third-order valence-electron chi connectivity index (χ3n) is 2.03. The quantitative estimate of drug-likeness (QED) is 0.645. The van der Waals surface area contributed by atoms with Crippen LogP contribution in [0.25, 0.3) is 0 Å². The Labute approximate surface area is 78.4 Å². The lowest BCUT2D eigenvalue weighted by Crippen LogP contribution is -2.55. The highest BCUT2D eigenvalue weighted by Gasteiger charge is 2.44. The van der Waals surface area contributed by atoms with E-state index >= 15 is 0 Å². The van der Waals surface area contributed by atoms with Gasteiger partial charge in [0.25, 0.3) is 5.92 Å². The summed E-state index contributed by atoms with van der Waals surface area (Å²) in [6.07, 6.45) is 0.781. The normalized spacial score (nSPS) is 21.2. The second-order valence-corrected chi connectivity index (χ2v) is 5.02. The lowest BCUT2D eigenvalue weighted by atomic mass is 9.89. The summed E-state index contributed by atoms with van der Waals surface area (Å²) in [5.74, 6) is -2.49. The minimum Gasteiger partial charge on any atom is -0.363 e. The summed E-state index contributed by atoms with van der Waals surface area (Å²) in [4.78, 5) is 1.66. The van der Waals surface area contributed by atoms with E-state index in [1.807, 2.05) is 0 Å². The first-order valence-corrected chi connectivity index (χ1v) is 4.50. The fourth-order valence-electron chi connectivity index (χ4n) is 1.46. The molecule has 0 aliphatic carbocycles. The number of halogens is 2. The van der Waals surface area contributed by atoms with Crippen molar-refractivity contribution in [2.24, 2.45) is 5.41 Å². The van der Waals surface area contributed by atoms with E-state index in [0.29, 0.717) is 0 Å². The Kier molecular flexibility index (Phi) is 2.39. The van der Waals surface area contributed by atoms with Crippen LogP contribution in [-0.4, -0.2) is 23.9 Å². The van der Waals surface area contributed by atoms with Gasteiger partial charge < -0.3 is 4.90 Å². The molecule has 1 aliphatic heterocycles. The molecule has 1 saturated heterocycles. The van der Waals surface area contributed by atoms with E-state index in [-0.39, 0.29) is 18.5 Å². The lowest BCUT2D eigenvalue weighted by Gasteiger charge is -2.42. The summed E-state index contributed by atoms with van der Waals surface area (Å²) < 4.78 is 25.0. The van der Waals surface area contributed by atoms with E-state index in [9.17, 15) is 8.78 Å². The van der Waals surface area contributed by atoms with Crippen LogP contribution >= 0.6 is 0 Å². The Morgan fingerprint density at radius 1 is 1.38 bits per heavy atom. The first-order valence-electron chi connectivity index (χ1n) is 4.50. The lowest BCUT2D eigenvalue weighted by molar-refractivity contribution is -0.118. The van der Waals surface area contributed by atoms with Gasteiger partial charge in [-0.1, -0.05) is 27.4 Å². The monoisotopic (exact) mass is 189 g/mol. The van der Waals surface area contributed by atoms with Crippen LogP contribution in [-0.2, 0) is 0 Å². The van der Waals surface area contributed by atoms with Crippen molar-refractivity contribution in [1.82, 2.24) is 4.90 Å². The average Bonchev–Trinajstić information content (AvgIpc) is 1.77. The Balaban J connectivity index is 2.36. The maximum Gasteiger partial charge on any atom is 0.282 e. The highest BCUT2D eigenvalue weighted by atomic mass is 19.3. The summed E-state index contributed by atoms with van der Waals surface area (Å²) >= 11 is 0. The molecule has 0 bridgehead atoms. The van der Waals surface area contributed by atoms with Crippen molar-refractivity contribution in [3.05, 3.63) is 12.3 Å². The van der Waals surface area contributed by atoms with Crippen molar-refractivity contribution in [2.75, 3.05) is 13.1 Å². The van der Waals surface area contributed by atoms with Crippen molar-refractivity contribution in [3.63, 3.8) is 0 Å². The fourth-order valence-corrected chi connectivity index (χ4v) is 1.46. The van der Waals surface area contributed by atoms with Gasteiger partial charge in [-0.25, -0.2) is 8.78 Å². The second kappa shape index (κ2) is 2.96. The SMILES string of the molecule is C=C(CC(C)(C)C)N1CC(F)(F)C1. The van der Waals surface area contributed by atoms with Crippen LogP contribution in [0.1, 0.15) is 27.2 Å². The van der Waals surface area contributed by atoms with E-state index in [1.165, 1.54) is 0 Å². The summed E-state index contributed by atoms with van der Waals surface area (Å²) in [5, 5.41) is 0. The summed E-state index contributed by atoms with van der Waals surface area (Å²) in [7, 11) is 0. The van der Waals surface area contributed by atoms with Crippen molar-refractivity contribution < 1.29 is 8.78 Å². The molecule has 0 aromatic carbocycles. The maximum absolute atomic E-state index is 12.5. The van der Waals surface area contributed by atoms with Gasteiger partial charge in [0.15, 0.2) is 0 Å². The molecule has 0 spiro atoms. The third kappa shape index (κ3) is 2.98. The first-order chi connectivity index (χ1) is 5.70. The molecule has 76 valence electrons. The fraction of sp³-hybridized carbons (Fsp3) is 0.800. The van der Waals surface area contributed by atoms with Gasteiger partial charge in [0.1, 0.15) is 0 Å². The molecule has 1 fully saturated rings. The van der Waals surface area contributed by atoms with Gasteiger partial charge in [-0.2, -0.15) is 0 Å². The molecule has 1 heterocycles. The largest absolute Gasteiger partial charge is 0.363 e. The molecule has 1 nitrogen and oxygen atoms in total. The average molecular weight is 189 g/mol. The van der Waals surface area contributed by atoms with Crippen LogP contribution in [0.15, 0.2) is 12.3 Å². The van der Waals surface area contributed by atoms with Crippen LogP contribution < -0.4 is 0 Å². The van der Waals surface area contributed by atoms with Gasteiger partial charge in [0, 0.05) is 5.70 Å². The van der Waals surface area contributed by atoms with Crippen LogP contribution in [0.2, 0.25) is 0 Å². The third-order valence-corrected chi connectivity index (χ3v) is 2.03. The number of hydrogen-bond acceptors (Lipinski definition) is 1. The highest BCUT2D eigenvalue weighted by Crippen LogP contribution is 2.33. The van der Waals surface area contributed by atoms with Gasteiger partial charge in [-0.05, 0) is 11.8 Å². The van der Waals surface area contributed by atoms with Crippen molar-refractivity contribution >= 4 is 0 Å². The topological polar surface area (TPSA) is 3.24 Å². The zero-order valence-corrected chi connectivity index (χ0v) is 8.53. The molecular formula is C10H17F2N. The Hall–Kier alpha value is -0.600. The molecule has 0 aromatic heterocycles. The zero-order chi connectivity index (χ0) is 10.3. The maximum atomic E-state index is 12.5. The Bertz CT molecular complexity index is 207. The molecule has 13 heavy (non-hydrogen) atoms. The van der Waals surface area contributed by atoms with E-state index in [0.717, 1.165) is 12.1 Å². The minimum absolute atomic E-state index is 0.127. The molecule has 1 aliphatic rings. The van der Waals surface area contributed by atoms with Crippen LogP contribution in [0, 0.1) is 5.41 Å². The summed E-state index contributed by atoms with van der Waals surface area (Å²) in [6, 6.07) is 0. The molecule has 1 rings (SSSR count). The summed E-state index contributed by atoms with van der Waals surface area (Å²) in [5.41, 5.74) is 0.959. The molecule has 0 N–H and O–H groups in total. The number of alkyl halides is 2. The van der Waals surface area contributed by atoms with Gasteiger partial charge in [-0.3, -0.25) is 0 Å². The number of nitrogens with zero attached hydrogens (tertiary/aromatic N) is 1. The second-order valence-electron chi connectivity index (χ2n) is 5.02. The van der Waals surface area contributed by atoms with Crippen LogP contribution in [0.4, 0.5) is 8.78 Å². The summed E-state index contributed by atoms with van der Waals surface area (Å²) in [6.45, 7) is 9.76. The molecule has 0 radical (unpaired) electrons. The smallest absolute Gasteiger partial charge is 0.282 e. The Morgan fingerprint density at radius 2 is 1.85 bits per heavy atom. The van der Waals surface area contributed by atoms with Crippen LogP contribution in [0.3, 0.4) is 0 Å². The van der Waals surface area contributed by atoms with Crippen molar-refractivity contribution in [3.8, 4) is 0 Å². The molecular weight excluding hydrogens is 172 g/mol. The Morgan fingerprint density at radius 3 is 2.15 bits per heavy atom. The molecule has 3 heteroatoms. The van der Waals surface area contributed by atoms with E-state index in [1.54, 1.807) is 4.90 Å². The number of rotatable bonds is 2. The molecule has 0 saturated carbocycles. The van der Waals surface area contributed by atoms with E-state index in [4.69, 9.17) is 0 Å². The van der Waals surface area contributed by atoms with E-state index in [2.05, 4.69) is 27.4 Å². The van der Waals surface area contributed by atoms with Gasteiger partial charge in [-0.15, -0.1) is 0 Å². The predicted molar refractivity (Wildman–Crippen MR) is 49.7 cm³/mol. The molecule has 0 aromatic rings. The number of allylic oxidation sites excluding steroid dienone is 1. The molecule has 0 atom stereocenters. The van der Waals surface area contributed by atoms with Gasteiger partial charge in [0.05, 0.1) is 13.1 Å². The predicted octanol–water partition coefficient (Wildman–Crippen LogP) is 2.89. The number of likely N-dealkylation sites (tertiary alicyclic amines) is 1. The minimum atomic E-state index is -2.49. The zero-order valence-electron chi connectivity index (χ0n) is 8.53. The molecule has 0 unspecified atom stereocenters. The van der Waals surface area contributed by atoms with Crippen LogP contribution in [0.5, 0.6) is 0 Å². The van der Waals surface area contributed by atoms with E-state index < -0.39 is 5.92 Å². The standard InChI is InChI=1S/C10H17F2N/c1-8(5-9(2,3)4)13-6-10(11,12)7-13/h1,5-7H2,2-4H3. The highest BCUT2D eigenvalue weighted by molar-refractivity contribution is 5.05. The van der Waals surface area contributed by atoms with Crippen molar-refractivity contribution in [2.45, 2.75) is 33.1 Å². The first kappa shape index (κ1) is 10.5. The van der Waals surface area contributed by atoms with Gasteiger partial charge in [0.2, 0.25) is 0 Å².